The highest BCUT2D eigenvalue weighted by Crippen LogP contribution is 2.41. The lowest BCUT2D eigenvalue weighted by Crippen LogP contribution is -2.49. The predicted octanol–water partition coefficient (Wildman–Crippen LogP) is 4.36. The van der Waals surface area contributed by atoms with Crippen LogP contribution in [-0.4, -0.2) is 80.7 Å². The first-order valence-electron chi connectivity index (χ1n) is 17.5. The summed E-state index contributed by atoms with van der Waals surface area (Å²) in [7, 11) is 0. The number of aliphatic hydroxyl groups excluding tert-OH is 1. The van der Waals surface area contributed by atoms with Crippen LogP contribution in [0.25, 0.3) is 11.1 Å². The highest BCUT2D eigenvalue weighted by atomic mass is 19.1. The zero-order valence-corrected chi connectivity index (χ0v) is 30.4. The smallest absolute Gasteiger partial charge is 0.251 e. The molecule has 4 atom stereocenters. The van der Waals surface area contributed by atoms with Gasteiger partial charge >= 0.3 is 0 Å². The minimum absolute atomic E-state index is 0.0186. The number of aliphatic hydroxyl groups is 1. The zero-order valence-electron chi connectivity index (χ0n) is 30.4. The summed E-state index contributed by atoms with van der Waals surface area (Å²) in [6, 6.07) is 12.7. The molecule has 280 valence electrons. The Morgan fingerprint density at radius 2 is 1.77 bits per heavy atom. The fraction of sp³-hybridized carbons (Fsp3) is 0.462. The van der Waals surface area contributed by atoms with Crippen LogP contribution in [-0.2, 0) is 30.5 Å². The lowest BCUT2D eigenvalue weighted by Gasteiger charge is -2.41. The van der Waals surface area contributed by atoms with Crippen molar-refractivity contribution in [1.82, 2.24) is 19.7 Å². The molecule has 1 fully saturated rings. The molecule has 1 aliphatic heterocycles. The first-order valence-corrected chi connectivity index (χ1v) is 17.5. The van der Waals surface area contributed by atoms with Crippen molar-refractivity contribution in [2.45, 2.75) is 85.0 Å². The van der Waals surface area contributed by atoms with E-state index in [9.17, 15) is 33.5 Å². The molecule has 0 radical (unpaired) electrons. The molecule has 0 saturated carbocycles. The van der Waals surface area contributed by atoms with E-state index in [-0.39, 0.29) is 68.5 Å². The van der Waals surface area contributed by atoms with Crippen LogP contribution >= 0.6 is 0 Å². The van der Waals surface area contributed by atoms with Gasteiger partial charge in [0, 0.05) is 61.4 Å². The summed E-state index contributed by atoms with van der Waals surface area (Å²) in [5.41, 5.74) is 7.63. The molecule has 4 N–H and O–H groups in total. The van der Waals surface area contributed by atoms with Crippen molar-refractivity contribution in [3.05, 3.63) is 83.7 Å². The molecule has 1 aliphatic rings. The lowest BCUT2D eigenvalue weighted by molar-refractivity contribution is -0.145. The molecule has 3 aromatic rings. The Morgan fingerprint density at radius 1 is 1.08 bits per heavy atom. The van der Waals surface area contributed by atoms with Gasteiger partial charge in [0.05, 0.1) is 18.6 Å². The Balaban J connectivity index is 1.52. The highest BCUT2D eigenvalue weighted by Gasteiger charge is 2.39. The van der Waals surface area contributed by atoms with Crippen molar-refractivity contribution in [3.8, 4) is 11.1 Å². The molecule has 1 aromatic heterocycles. The molecule has 4 rings (SSSR count). The molecule has 0 aliphatic carbocycles. The fourth-order valence-electron chi connectivity index (χ4n) is 6.53. The highest BCUT2D eigenvalue weighted by molar-refractivity contribution is 6.05. The molecule has 0 bridgehead atoms. The largest absolute Gasteiger partial charge is 0.384 e. The van der Waals surface area contributed by atoms with Crippen molar-refractivity contribution in [1.29, 1.82) is 0 Å². The summed E-state index contributed by atoms with van der Waals surface area (Å²) in [4.78, 5) is 65.6. The van der Waals surface area contributed by atoms with E-state index in [0.29, 0.717) is 17.8 Å². The normalized spacial score (nSPS) is 16.5. The van der Waals surface area contributed by atoms with Crippen LogP contribution in [0.1, 0.15) is 77.6 Å². The second-order valence-corrected chi connectivity index (χ2v) is 14.6. The van der Waals surface area contributed by atoms with Gasteiger partial charge in [-0.3, -0.25) is 28.9 Å². The van der Waals surface area contributed by atoms with Gasteiger partial charge in [-0.2, -0.15) is 0 Å². The van der Waals surface area contributed by atoms with E-state index in [1.807, 2.05) is 55.7 Å². The number of amides is 4. The number of nitrogens with zero attached hydrogens (tertiary/aromatic N) is 3. The number of ketones is 1. The van der Waals surface area contributed by atoms with Crippen LogP contribution < -0.4 is 11.1 Å². The predicted molar refractivity (Wildman–Crippen MR) is 191 cm³/mol. The van der Waals surface area contributed by atoms with Crippen LogP contribution in [0.2, 0.25) is 0 Å². The first kappa shape index (κ1) is 40.0. The van der Waals surface area contributed by atoms with Gasteiger partial charge in [0.2, 0.25) is 17.7 Å². The number of imide groups is 1. The summed E-state index contributed by atoms with van der Waals surface area (Å²) >= 11 is 0. The van der Waals surface area contributed by atoms with E-state index in [1.165, 1.54) is 11.8 Å². The molecule has 1 saturated heterocycles. The van der Waals surface area contributed by atoms with Crippen LogP contribution in [0.5, 0.6) is 0 Å². The van der Waals surface area contributed by atoms with Gasteiger partial charge in [0.25, 0.3) is 5.91 Å². The van der Waals surface area contributed by atoms with Gasteiger partial charge < -0.3 is 25.6 Å². The van der Waals surface area contributed by atoms with Crippen molar-refractivity contribution in [3.63, 3.8) is 0 Å². The number of aromatic nitrogens is 1. The van der Waals surface area contributed by atoms with Gasteiger partial charge in [-0.1, -0.05) is 58.0 Å². The Kier molecular flexibility index (Phi) is 13.2. The van der Waals surface area contributed by atoms with Crippen molar-refractivity contribution < 1.29 is 37.9 Å². The Hall–Kier alpha value is -4.75. The number of likely N-dealkylation sites (tertiary alicyclic amines) is 1. The third-order valence-electron chi connectivity index (χ3n) is 9.17. The average molecular weight is 722 g/mol. The summed E-state index contributed by atoms with van der Waals surface area (Å²) in [5, 5.41) is 13.2. The first-order chi connectivity index (χ1) is 24.5. The van der Waals surface area contributed by atoms with Gasteiger partial charge in [-0.25, -0.2) is 8.78 Å². The number of nitrogens with two attached hydrogens (primary N) is 1. The fourth-order valence-corrected chi connectivity index (χ4v) is 6.53. The third-order valence-corrected chi connectivity index (χ3v) is 9.17. The number of nitrogens with one attached hydrogen (secondary N) is 1. The maximum atomic E-state index is 15.0. The number of carbonyl (C=O) groups excluding carboxylic acids is 5. The molecule has 13 heteroatoms. The molecule has 0 spiro atoms. The molecule has 11 nitrogen and oxygen atoms in total. The molecular weight excluding hydrogens is 672 g/mol. The topological polar surface area (TPSA) is 155 Å². The number of rotatable bonds is 16. The van der Waals surface area contributed by atoms with Gasteiger partial charge in [0.15, 0.2) is 5.78 Å². The van der Waals surface area contributed by atoms with E-state index in [4.69, 9.17) is 5.73 Å². The molecule has 4 amide bonds. The average Bonchev–Trinajstić information content (AvgIpc) is 3.59. The minimum atomic E-state index is -1.39. The number of Topliss-reactive ketones (excluding diaryl/α,β-unsaturated/α-hetero) is 1. The maximum Gasteiger partial charge on any atom is 0.251 e. The van der Waals surface area contributed by atoms with Crippen LogP contribution in [0.4, 0.5) is 8.78 Å². The quantitative estimate of drug-likeness (QED) is 0.147. The van der Waals surface area contributed by atoms with Gasteiger partial charge in [-0.05, 0) is 55.0 Å². The number of hydrogen-bond donors (Lipinski definition) is 3. The van der Waals surface area contributed by atoms with E-state index in [1.54, 1.807) is 19.2 Å². The Morgan fingerprint density at radius 3 is 2.38 bits per heavy atom. The van der Waals surface area contributed by atoms with E-state index >= 15 is 4.39 Å². The van der Waals surface area contributed by atoms with Crippen molar-refractivity contribution >= 4 is 29.4 Å². The van der Waals surface area contributed by atoms with Crippen LogP contribution in [0, 0.1) is 23.0 Å². The summed E-state index contributed by atoms with van der Waals surface area (Å²) in [5.74, 6) is -3.77. The van der Waals surface area contributed by atoms with Gasteiger partial charge in [-0.15, -0.1) is 0 Å². The maximum absolute atomic E-state index is 15.0. The lowest BCUT2D eigenvalue weighted by atomic mass is 9.82. The van der Waals surface area contributed by atoms with Crippen molar-refractivity contribution in [2.75, 3.05) is 19.6 Å². The zero-order chi connectivity index (χ0) is 38.3. The monoisotopic (exact) mass is 721 g/mol. The summed E-state index contributed by atoms with van der Waals surface area (Å²) in [6.45, 7) is 8.94. The van der Waals surface area contributed by atoms with Crippen LogP contribution in [0.3, 0.4) is 0 Å². The number of hydrogen-bond acceptors (Lipinski definition) is 7. The Bertz CT molecular complexity index is 1770. The SMILES string of the molecule is CC1CC(=O)N(CC(=O)CCCNC(=O)[C@@H](N)CCN(C(=O)[C@H](C)O)[C@@H](c2cc(-c3cc(F)ccc3F)cn2Cc2ccccc2)C(C)(C)C)C1=O. The molecular formula is C39H49F2N5O6. The van der Waals surface area contributed by atoms with E-state index in [2.05, 4.69) is 5.32 Å². The third kappa shape index (κ3) is 9.97. The molecule has 2 heterocycles. The number of benzene rings is 2. The summed E-state index contributed by atoms with van der Waals surface area (Å²) < 4.78 is 31.2. The standard InChI is InChI=1S/C39H49F2N5O6/c1-24-18-34(49)46(37(24)51)23-29(48)12-9-16-43-36(50)32(42)15-17-45(38(52)25(2)47)35(39(3,4)5)33-19-27(30-20-28(40)13-14-31(30)41)22-44(33)21-26-10-7-6-8-11-26/h6-8,10-11,13-14,19-20,22,24-25,32,35,47H,9,12,15-18,21,23,42H2,1-5H3,(H,43,50)/t24?,25-,32-,35-/m0/s1. The van der Waals surface area contributed by atoms with Gasteiger partial charge in [0.1, 0.15) is 17.7 Å². The molecule has 1 unspecified atom stereocenters. The second kappa shape index (κ2) is 17.2. The number of carbonyl (C=O) groups is 5. The summed E-state index contributed by atoms with van der Waals surface area (Å²) in [6.07, 6.45) is 0.767. The van der Waals surface area contributed by atoms with Crippen molar-refractivity contribution in [2.24, 2.45) is 17.1 Å². The van der Waals surface area contributed by atoms with E-state index in [0.717, 1.165) is 28.7 Å². The molecule has 52 heavy (non-hydrogen) atoms. The second-order valence-electron chi connectivity index (χ2n) is 14.6. The minimum Gasteiger partial charge on any atom is -0.384 e. The van der Waals surface area contributed by atoms with Crippen LogP contribution in [0.15, 0.2) is 60.8 Å². The Labute approximate surface area is 303 Å². The number of halogens is 2. The molecule has 2 aromatic carbocycles. The van der Waals surface area contributed by atoms with E-state index < -0.39 is 53.0 Å².